The highest BCUT2D eigenvalue weighted by atomic mass is 19.1. The molecule has 2 aromatic carbocycles. The molecule has 104 valence electrons. The van der Waals surface area contributed by atoms with Crippen molar-refractivity contribution < 1.29 is 8.78 Å². The third kappa shape index (κ3) is 3.94. The number of benzene rings is 2. The summed E-state index contributed by atoms with van der Waals surface area (Å²) in [6.45, 7) is 3.21. The van der Waals surface area contributed by atoms with Gasteiger partial charge in [-0.2, -0.15) is 0 Å². The fourth-order valence-corrected chi connectivity index (χ4v) is 1.76. The predicted molar refractivity (Wildman–Crippen MR) is 80.7 cm³/mol. The van der Waals surface area contributed by atoms with Crippen LogP contribution in [-0.2, 0) is 6.42 Å². The topological polar surface area (TPSA) is 0 Å². The van der Waals surface area contributed by atoms with Crippen LogP contribution in [0, 0.1) is 42.2 Å². The lowest BCUT2D eigenvalue weighted by molar-refractivity contribution is 0.567. The Bertz CT molecular complexity index is 740. The normalized spacial score (nSPS) is 9.33. The van der Waals surface area contributed by atoms with Gasteiger partial charge in [0.1, 0.15) is 11.6 Å². The van der Waals surface area contributed by atoms with Crippen molar-refractivity contribution in [2.75, 3.05) is 0 Å². The smallest absolute Gasteiger partial charge is 0.130 e. The maximum atomic E-state index is 13.4. The van der Waals surface area contributed by atoms with Gasteiger partial charge in [-0.05, 0) is 43.7 Å². The summed E-state index contributed by atoms with van der Waals surface area (Å²) in [7, 11) is 0. The van der Waals surface area contributed by atoms with Crippen molar-refractivity contribution in [1.29, 1.82) is 0 Å². The molecule has 0 radical (unpaired) electrons. The summed E-state index contributed by atoms with van der Waals surface area (Å²) in [5.74, 6) is 10.4. The lowest BCUT2D eigenvalue weighted by atomic mass is 10.1. The van der Waals surface area contributed by atoms with E-state index in [-0.39, 0.29) is 5.56 Å². The van der Waals surface area contributed by atoms with E-state index >= 15 is 0 Å². The van der Waals surface area contributed by atoms with Crippen molar-refractivity contribution in [2.45, 2.75) is 20.3 Å². The van der Waals surface area contributed by atoms with Gasteiger partial charge in [-0.1, -0.05) is 29.9 Å². The Morgan fingerprint density at radius 1 is 0.905 bits per heavy atom. The minimum absolute atomic E-state index is 0.0157. The summed E-state index contributed by atoms with van der Waals surface area (Å²) in [5, 5.41) is 0. The molecule has 0 spiro atoms. The summed E-state index contributed by atoms with van der Waals surface area (Å²) in [6, 6.07) is 10.1. The fraction of sp³-hybridized carbons (Fsp3) is 0.158. The highest BCUT2D eigenvalue weighted by Crippen LogP contribution is 2.13. The number of hydrogen-bond donors (Lipinski definition) is 0. The van der Waals surface area contributed by atoms with Crippen molar-refractivity contribution in [3.63, 3.8) is 0 Å². The maximum absolute atomic E-state index is 13.4. The summed E-state index contributed by atoms with van der Waals surface area (Å²) in [6.07, 6.45) is 0.707. The molecule has 0 aliphatic heterocycles. The van der Waals surface area contributed by atoms with E-state index in [0.717, 1.165) is 11.1 Å². The summed E-state index contributed by atoms with van der Waals surface area (Å²) in [4.78, 5) is 0. The van der Waals surface area contributed by atoms with Crippen molar-refractivity contribution in [2.24, 2.45) is 0 Å². The molecule has 0 fully saturated rings. The maximum Gasteiger partial charge on any atom is 0.130 e. The molecule has 0 N–H and O–H groups in total. The van der Waals surface area contributed by atoms with E-state index in [1.165, 1.54) is 19.1 Å². The van der Waals surface area contributed by atoms with Crippen molar-refractivity contribution in [3.8, 4) is 23.7 Å². The third-order valence-electron chi connectivity index (χ3n) is 3.06. The van der Waals surface area contributed by atoms with E-state index in [9.17, 15) is 8.78 Å². The monoisotopic (exact) mass is 280 g/mol. The van der Waals surface area contributed by atoms with Crippen LogP contribution < -0.4 is 0 Å². The molecular formula is C19H14F2. The molecule has 21 heavy (non-hydrogen) atoms. The molecule has 0 atom stereocenters. The van der Waals surface area contributed by atoms with Crippen LogP contribution in [0.5, 0.6) is 0 Å². The van der Waals surface area contributed by atoms with Crippen LogP contribution in [0.15, 0.2) is 36.4 Å². The van der Waals surface area contributed by atoms with Gasteiger partial charge in [0.25, 0.3) is 0 Å². The number of hydrogen-bond acceptors (Lipinski definition) is 0. The number of rotatable bonds is 1. The largest absolute Gasteiger partial charge is 0.207 e. The second-order valence-corrected chi connectivity index (χ2v) is 4.62. The first-order valence-corrected chi connectivity index (χ1v) is 6.56. The van der Waals surface area contributed by atoms with E-state index < -0.39 is 11.6 Å². The standard InChI is InChI=1S/C19H14F2/c1-3-4-5-15-6-8-16(9-7-15)10-11-17-12-18(20)14(2)19(21)13-17/h6-9,12-13H,5H2,1-2H3. The molecule has 0 aliphatic rings. The lowest BCUT2D eigenvalue weighted by Gasteiger charge is -1.99. The molecule has 0 saturated heterocycles. The zero-order chi connectivity index (χ0) is 15.2. The molecule has 2 rings (SSSR count). The zero-order valence-electron chi connectivity index (χ0n) is 11.9. The molecule has 0 saturated carbocycles. The van der Waals surface area contributed by atoms with Gasteiger partial charge in [0.05, 0.1) is 0 Å². The molecule has 0 aromatic heterocycles. The third-order valence-corrected chi connectivity index (χ3v) is 3.06. The van der Waals surface area contributed by atoms with E-state index in [0.29, 0.717) is 12.0 Å². The first kappa shape index (κ1) is 14.8. The second-order valence-electron chi connectivity index (χ2n) is 4.62. The second kappa shape index (κ2) is 6.73. The Morgan fingerprint density at radius 3 is 2.05 bits per heavy atom. The van der Waals surface area contributed by atoms with Crippen LogP contribution in [-0.4, -0.2) is 0 Å². The SMILES string of the molecule is CC#CCc1ccc(C#Cc2cc(F)c(C)c(F)c2)cc1. The van der Waals surface area contributed by atoms with Gasteiger partial charge in [-0.3, -0.25) is 0 Å². The average Bonchev–Trinajstić information content (AvgIpc) is 2.49. The minimum atomic E-state index is -0.576. The first-order valence-electron chi connectivity index (χ1n) is 6.56. The van der Waals surface area contributed by atoms with E-state index in [4.69, 9.17) is 0 Å². The summed E-state index contributed by atoms with van der Waals surface area (Å²) in [5.41, 5.74) is 2.25. The van der Waals surface area contributed by atoms with Crippen LogP contribution in [0.25, 0.3) is 0 Å². The van der Waals surface area contributed by atoms with Crippen LogP contribution in [0.3, 0.4) is 0 Å². The predicted octanol–water partition coefficient (Wildman–Crippen LogP) is 4.24. The van der Waals surface area contributed by atoms with E-state index in [1.807, 2.05) is 24.3 Å². The molecular weight excluding hydrogens is 266 g/mol. The molecule has 0 unspecified atom stereocenters. The summed E-state index contributed by atoms with van der Waals surface area (Å²) >= 11 is 0. The van der Waals surface area contributed by atoms with Crippen LogP contribution in [0.4, 0.5) is 8.78 Å². The number of halogens is 2. The van der Waals surface area contributed by atoms with E-state index in [1.54, 1.807) is 6.92 Å². The van der Waals surface area contributed by atoms with Gasteiger partial charge in [0.2, 0.25) is 0 Å². The minimum Gasteiger partial charge on any atom is -0.207 e. The van der Waals surface area contributed by atoms with Gasteiger partial charge in [0.15, 0.2) is 0 Å². The Kier molecular flexibility index (Phi) is 4.75. The van der Waals surface area contributed by atoms with Gasteiger partial charge >= 0.3 is 0 Å². The van der Waals surface area contributed by atoms with Crippen molar-refractivity contribution >= 4 is 0 Å². The van der Waals surface area contributed by atoms with Gasteiger partial charge in [0, 0.05) is 23.1 Å². The van der Waals surface area contributed by atoms with Crippen LogP contribution >= 0.6 is 0 Å². The molecule has 0 heterocycles. The van der Waals surface area contributed by atoms with Gasteiger partial charge in [-0.15, -0.1) is 5.92 Å². The van der Waals surface area contributed by atoms with Crippen LogP contribution in [0.1, 0.15) is 29.2 Å². The Labute approximate surface area is 123 Å². The van der Waals surface area contributed by atoms with Gasteiger partial charge < -0.3 is 0 Å². The Balaban J connectivity index is 2.20. The molecule has 0 nitrogen and oxygen atoms in total. The molecule has 2 heteroatoms. The van der Waals surface area contributed by atoms with Gasteiger partial charge in [-0.25, -0.2) is 8.78 Å². The molecule has 2 aromatic rings. The van der Waals surface area contributed by atoms with Crippen molar-refractivity contribution in [3.05, 3.63) is 70.3 Å². The lowest BCUT2D eigenvalue weighted by Crippen LogP contribution is -1.90. The Morgan fingerprint density at radius 2 is 1.48 bits per heavy atom. The highest BCUT2D eigenvalue weighted by Gasteiger charge is 2.04. The average molecular weight is 280 g/mol. The quantitative estimate of drug-likeness (QED) is 0.685. The fourth-order valence-electron chi connectivity index (χ4n) is 1.76. The van der Waals surface area contributed by atoms with Crippen molar-refractivity contribution in [1.82, 2.24) is 0 Å². The molecule has 0 bridgehead atoms. The Hall–Kier alpha value is -2.58. The molecule has 0 amide bonds. The summed E-state index contributed by atoms with van der Waals surface area (Å²) < 4.78 is 26.8. The van der Waals surface area contributed by atoms with Crippen LogP contribution in [0.2, 0.25) is 0 Å². The highest BCUT2D eigenvalue weighted by molar-refractivity contribution is 5.44. The first-order chi connectivity index (χ1) is 10.1. The van der Waals surface area contributed by atoms with E-state index in [2.05, 4.69) is 23.7 Å². The zero-order valence-corrected chi connectivity index (χ0v) is 11.9. The molecule has 0 aliphatic carbocycles.